The first kappa shape index (κ1) is 13.8. The van der Waals surface area contributed by atoms with Crippen LogP contribution in [-0.4, -0.2) is 28.2 Å². The highest BCUT2D eigenvalue weighted by atomic mass is 19.1. The molecule has 2 heterocycles. The second kappa shape index (κ2) is 6.00. The van der Waals surface area contributed by atoms with Crippen LogP contribution in [0.25, 0.3) is 11.4 Å². The van der Waals surface area contributed by atoms with Crippen molar-refractivity contribution in [3.63, 3.8) is 0 Å². The number of halogens is 2. The maximum absolute atomic E-state index is 13.2. The van der Waals surface area contributed by atoms with Crippen LogP contribution in [0.2, 0.25) is 0 Å². The van der Waals surface area contributed by atoms with E-state index in [-0.39, 0.29) is 17.3 Å². The van der Waals surface area contributed by atoms with Crippen LogP contribution in [0.1, 0.15) is 5.69 Å². The van der Waals surface area contributed by atoms with E-state index in [0.29, 0.717) is 5.69 Å². The number of pyridine rings is 1. The molecule has 8 heteroatoms. The highest BCUT2D eigenvalue weighted by Gasteiger charge is 2.10. The minimum Gasteiger partial charge on any atom is -0.453 e. The molecule has 2 rings (SSSR count). The number of carbonyl (C=O) groups excluding carboxylic acids is 1. The van der Waals surface area contributed by atoms with Crippen molar-refractivity contribution >= 4 is 12.0 Å². The number of carbonyl (C=O) groups is 1. The number of alkyl halides is 1. The Kier molecular flexibility index (Phi) is 4.14. The summed E-state index contributed by atoms with van der Waals surface area (Å²) < 4.78 is 30.2. The number of nitrogens with one attached hydrogen (secondary N) is 1. The van der Waals surface area contributed by atoms with Crippen molar-refractivity contribution in [1.82, 2.24) is 15.0 Å². The molecule has 0 bridgehead atoms. The number of aromatic nitrogens is 3. The Morgan fingerprint density at radius 2 is 2.05 bits per heavy atom. The highest BCUT2D eigenvalue weighted by molar-refractivity contribution is 5.82. The van der Waals surface area contributed by atoms with Crippen LogP contribution in [0.5, 0.6) is 0 Å². The molecule has 0 fully saturated rings. The Labute approximate surface area is 112 Å². The van der Waals surface area contributed by atoms with Crippen LogP contribution >= 0.6 is 0 Å². The minimum atomic E-state index is -1.02. The van der Waals surface area contributed by atoms with Gasteiger partial charge < -0.3 is 4.74 Å². The predicted octanol–water partition coefficient (Wildman–Crippen LogP) is 2.33. The van der Waals surface area contributed by atoms with E-state index in [1.807, 2.05) is 0 Å². The number of nitrogens with zero attached hydrogens (tertiary/aromatic N) is 3. The number of hydrogen-bond donors (Lipinski definition) is 1. The van der Waals surface area contributed by atoms with Gasteiger partial charge in [-0.3, -0.25) is 5.32 Å². The van der Waals surface area contributed by atoms with Crippen molar-refractivity contribution in [3.05, 3.63) is 35.9 Å². The molecule has 2 aromatic heterocycles. The average molecular weight is 280 g/mol. The molecule has 0 aliphatic carbocycles. The number of hydrogen-bond acceptors (Lipinski definition) is 5. The van der Waals surface area contributed by atoms with Crippen molar-refractivity contribution in [2.24, 2.45) is 0 Å². The number of ether oxygens (including phenoxy) is 1. The first-order valence-corrected chi connectivity index (χ1v) is 5.54. The first-order chi connectivity index (χ1) is 9.63. The molecule has 0 aliphatic heterocycles. The summed E-state index contributed by atoms with van der Waals surface area (Å²) in [6.07, 6.45) is 0.659. The van der Waals surface area contributed by atoms with Crippen LogP contribution < -0.4 is 5.32 Å². The van der Waals surface area contributed by atoms with E-state index < -0.39 is 18.6 Å². The molecule has 6 nitrogen and oxygen atoms in total. The van der Waals surface area contributed by atoms with Gasteiger partial charge in [-0.2, -0.15) is 0 Å². The molecule has 0 saturated carbocycles. The number of methoxy groups -OCH3 is 1. The Morgan fingerprint density at radius 1 is 1.30 bits per heavy atom. The minimum absolute atomic E-state index is 0.00211. The lowest BCUT2D eigenvalue weighted by Gasteiger charge is -2.05. The standard InChI is InChI=1S/C12H10F2N4O2/c1-20-12(19)18-11-15-5-4-9(17-11)8-3-2-7(14)10(6-13)16-8/h2-5H,6H2,1H3,(H,15,17,18,19). The van der Waals surface area contributed by atoms with Crippen LogP contribution in [-0.2, 0) is 11.4 Å². The lowest BCUT2D eigenvalue weighted by atomic mass is 10.2. The average Bonchev–Trinajstić information content (AvgIpc) is 2.48. The molecule has 0 saturated heterocycles. The van der Waals surface area contributed by atoms with Crippen molar-refractivity contribution < 1.29 is 18.3 Å². The molecule has 20 heavy (non-hydrogen) atoms. The molecule has 0 atom stereocenters. The van der Waals surface area contributed by atoms with Gasteiger partial charge in [0.15, 0.2) is 0 Å². The van der Waals surface area contributed by atoms with E-state index in [0.717, 1.165) is 6.07 Å². The molecule has 0 aromatic carbocycles. The molecule has 1 N–H and O–H groups in total. The molecule has 104 valence electrons. The van der Waals surface area contributed by atoms with Gasteiger partial charge in [-0.05, 0) is 18.2 Å². The third-order valence-corrected chi connectivity index (χ3v) is 2.36. The summed E-state index contributed by atoms with van der Waals surface area (Å²) in [7, 11) is 1.20. The third kappa shape index (κ3) is 3.02. The Balaban J connectivity index is 2.33. The zero-order valence-electron chi connectivity index (χ0n) is 10.4. The van der Waals surface area contributed by atoms with E-state index in [9.17, 15) is 13.6 Å². The Morgan fingerprint density at radius 3 is 2.75 bits per heavy atom. The summed E-state index contributed by atoms with van der Waals surface area (Å²) in [5.74, 6) is -0.722. The SMILES string of the molecule is COC(=O)Nc1nccc(-c2ccc(F)c(CF)n2)n1. The van der Waals surface area contributed by atoms with Gasteiger partial charge in [0.05, 0.1) is 18.5 Å². The Hall–Kier alpha value is -2.64. The zero-order chi connectivity index (χ0) is 14.5. The first-order valence-electron chi connectivity index (χ1n) is 5.54. The predicted molar refractivity (Wildman–Crippen MR) is 66.1 cm³/mol. The topological polar surface area (TPSA) is 77.0 Å². The largest absolute Gasteiger partial charge is 0.453 e. The van der Waals surface area contributed by atoms with Crippen molar-refractivity contribution in [3.8, 4) is 11.4 Å². The summed E-state index contributed by atoms with van der Waals surface area (Å²) in [6, 6.07) is 3.97. The van der Waals surface area contributed by atoms with Crippen molar-refractivity contribution in [2.45, 2.75) is 6.67 Å². The maximum Gasteiger partial charge on any atom is 0.413 e. The van der Waals surface area contributed by atoms with Gasteiger partial charge in [-0.25, -0.2) is 28.5 Å². The molecule has 0 radical (unpaired) electrons. The smallest absolute Gasteiger partial charge is 0.413 e. The molecule has 0 unspecified atom stereocenters. The lowest BCUT2D eigenvalue weighted by Crippen LogP contribution is -2.13. The van der Waals surface area contributed by atoms with Gasteiger partial charge in [-0.15, -0.1) is 0 Å². The van der Waals surface area contributed by atoms with Crippen LogP contribution in [0.4, 0.5) is 19.5 Å². The summed E-state index contributed by atoms with van der Waals surface area (Å²) in [5, 5.41) is 2.28. The van der Waals surface area contributed by atoms with E-state index >= 15 is 0 Å². The fraction of sp³-hybridized carbons (Fsp3) is 0.167. The summed E-state index contributed by atoms with van der Waals surface area (Å²) in [5.41, 5.74) is 0.291. The molecular formula is C12H10F2N4O2. The quantitative estimate of drug-likeness (QED) is 0.933. The van der Waals surface area contributed by atoms with Gasteiger partial charge in [-0.1, -0.05) is 0 Å². The summed E-state index contributed by atoms with van der Waals surface area (Å²) in [4.78, 5) is 22.7. The van der Waals surface area contributed by atoms with Gasteiger partial charge in [0.25, 0.3) is 0 Å². The fourth-order valence-corrected chi connectivity index (χ4v) is 1.42. The van der Waals surface area contributed by atoms with Gasteiger partial charge in [0.2, 0.25) is 5.95 Å². The second-order valence-corrected chi connectivity index (χ2v) is 3.64. The van der Waals surface area contributed by atoms with E-state index in [2.05, 4.69) is 25.0 Å². The number of rotatable bonds is 3. The maximum atomic E-state index is 13.2. The molecule has 0 spiro atoms. The van der Waals surface area contributed by atoms with Gasteiger partial charge in [0, 0.05) is 6.20 Å². The van der Waals surface area contributed by atoms with E-state index in [1.165, 1.54) is 25.4 Å². The third-order valence-electron chi connectivity index (χ3n) is 2.36. The second-order valence-electron chi connectivity index (χ2n) is 3.64. The fourth-order valence-electron chi connectivity index (χ4n) is 1.42. The van der Waals surface area contributed by atoms with Gasteiger partial charge >= 0.3 is 6.09 Å². The van der Waals surface area contributed by atoms with E-state index in [1.54, 1.807) is 0 Å². The highest BCUT2D eigenvalue weighted by Crippen LogP contribution is 2.18. The van der Waals surface area contributed by atoms with Crippen molar-refractivity contribution in [2.75, 3.05) is 12.4 Å². The van der Waals surface area contributed by atoms with Crippen LogP contribution in [0.15, 0.2) is 24.4 Å². The molecule has 1 amide bonds. The molecule has 0 aliphatic rings. The summed E-state index contributed by atoms with van der Waals surface area (Å²) >= 11 is 0. The van der Waals surface area contributed by atoms with Crippen LogP contribution in [0.3, 0.4) is 0 Å². The molecule has 2 aromatic rings. The van der Waals surface area contributed by atoms with Gasteiger partial charge in [0.1, 0.15) is 18.2 Å². The van der Waals surface area contributed by atoms with Crippen molar-refractivity contribution in [1.29, 1.82) is 0 Å². The van der Waals surface area contributed by atoms with E-state index in [4.69, 9.17) is 0 Å². The number of amides is 1. The monoisotopic (exact) mass is 280 g/mol. The lowest BCUT2D eigenvalue weighted by molar-refractivity contribution is 0.186. The Bertz CT molecular complexity index is 637. The molecular weight excluding hydrogens is 270 g/mol. The normalized spacial score (nSPS) is 10.2. The zero-order valence-corrected chi connectivity index (χ0v) is 10.4. The van der Waals surface area contributed by atoms with Crippen LogP contribution in [0, 0.1) is 5.82 Å². The number of anilines is 1. The summed E-state index contributed by atoms with van der Waals surface area (Å²) in [6.45, 7) is -1.02.